The highest BCUT2D eigenvalue weighted by molar-refractivity contribution is 5.87. The molecule has 1 heterocycles. The molecule has 1 aromatic rings. The van der Waals surface area contributed by atoms with Crippen molar-refractivity contribution in [1.82, 2.24) is 10.2 Å². The second kappa shape index (κ2) is 8.54. The Kier molecular flexibility index (Phi) is 7.37. The van der Waals surface area contributed by atoms with Crippen molar-refractivity contribution in [3.63, 3.8) is 0 Å². The first kappa shape index (κ1) is 19.0. The highest BCUT2D eigenvalue weighted by Gasteiger charge is 2.35. The summed E-state index contributed by atoms with van der Waals surface area (Å²) in [7, 11) is 0. The average molecular weight is 325 g/mol. The summed E-state index contributed by atoms with van der Waals surface area (Å²) in [4.78, 5) is 14.9. The van der Waals surface area contributed by atoms with Gasteiger partial charge in [0.25, 0.3) is 0 Å². The lowest BCUT2D eigenvalue weighted by Gasteiger charge is -2.37. The summed E-state index contributed by atoms with van der Waals surface area (Å²) in [6.07, 6.45) is 2.23. The lowest BCUT2D eigenvalue weighted by molar-refractivity contribution is -0.137. The van der Waals surface area contributed by atoms with E-state index in [9.17, 15) is 4.79 Å². The maximum absolute atomic E-state index is 12.9. The summed E-state index contributed by atoms with van der Waals surface area (Å²) in [5.74, 6) is 0.976. The molecule has 4 heteroatoms. The molecule has 1 fully saturated rings. The van der Waals surface area contributed by atoms with E-state index in [1.807, 2.05) is 32.0 Å². The van der Waals surface area contributed by atoms with Gasteiger partial charge in [0.2, 0.25) is 5.91 Å². The third kappa shape index (κ3) is 4.47. The largest absolute Gasteiger partial charge is 0.342 e. The zero-order valence-corrected chi connectivity index (χ0v) is 14.8. The molecule has 124 valence electrons. The van der Waals surface area contributed by atoms with Gasteiger partial charge in [-0.1, -0.05) is 37.3 Å². The molecule has 2 rings (SSSR count). The van der Waals surface area contributed by atoms with Crippen LogP contribution in [0, 0.1) is 5.92 Å². The number of hydrogen-bond acceptors (Lipinski definition) is 2. The number of rotatable bonds is 5. The van der Waals surface area contributed by atoms with Crippen LogP contribution in [0.3, 0.4) is 0 Å². The van der Waals surface area contributed by atoms with Crippen molar-refractivity contribution in [3.8, 4) is 0 Å². The third-order valence-corrected chi connectivity index (χ3v) is 4.61. The highest BCUT2D eigenvalue weighted by atomic mass is 35.5. The summed E-state index contributed by atoms with van der Waals surface area (Å²) in [6.45, 7) is 10.1. The summed E-state index contributed by atoms with van der Waals surface area (Å²) in [5.41, 5.74) is 0.667. The van der Waals surface area contributed by atoms with E-state index in [2.05, 4.69) is 29.3 Å². The molecule has 1 amide bonds. The van der Waals surface area contributed by atoms with Gasteiger partial charge in [0.1, 0.15) is 0 Å². The zero-order valence-electron chi connectivity index (χ0n) is 14.0. The van der Waals surface area contributed by atoms with Crippen LogP contribution in [-0.2, 0) is 10.2 Å². The van der Waals surface area contributed by atoms with Gasteiger partial charge in [-0.2, -0.15) is 0 Å². The summed E-state index contributed by atoms with van der Waals surface area (Å²) in [5, 5.41) is 3.41. The first-order valence-corrected chi connectivity index (χ1v) is 8.11. The molecule has 1 aliphatic heterocycles. The van der Waals surface area contributed by atoms with Gasteiger partial charge in [-0.05, 0) is 51.3 Å². The van der Waals surface area contributed by atoms with Crippen molar-refractivity contribution in [2.45, 2.75) is 39.0 Å². The molecule has 0 saturated carbocycles. The Morgan fingerprint density at radius 1 is 1.23 bits per heavy atom. The minimum absolute atomic E-state index is 0. The minimum Gasteiger partial charge on any atom is -0.342 e. The molecular formula is C18H29ClN2O. The third-order valence-electron chi connectivity index (χ3n) is 4.61. The SMILES string of the molecule is CCNCC1CCN(C(=O)C(C)(C)c2ccccc2)CC1.Cl. The zero-order chi connectivity index (χ0) is 15.3. The van der Waals surface area contributed by atoms with Crippen LogP contribution in [0.4, 0.5) is 0 Å². The quantitative estimate of drug-likeness (QED) is 0.902. The number of piperidine rings is 1. The normalized spacial score (nSPS) is 16.2. The number of nitrogens with one attached hydrogen (secondary N) is 1. The molecule has 1 N–H and O–H groups in total. The van der Waals surface area contributed by atoms with Gasteiger partial charge in [0.15, 0.2) is 0 Å². The van der Waals surface area contributed by atoms with Crippen molar-refractivity contribution in [1.29, 1.82) is 0 Å². The molecule has 1 aromatic carbocycles. The Morgan fingerprint density at radius 3 is 2.36 bits per heavy atom. The van der Waals surface area contributed by atoms with Crippen LogP contribution in [0.1, 0.15) is 39.2 Å². The van der Waals surface area contributed by atoms with Crippen molar-refractivity contribution >= 4 is 18.3 Å². The van der Waals surface area contributed by atoms with E-state index in [1.54, 1.807) is 0 Å². The standard InChI is InChI=1S/C18H28N2O.ClH/c1-4-19-14-15-10-12-20(13-11-15)17(21)18(2,3)16-8-6-5-7-9-16;/h5-9,15,19H,4,10-14H2,1-3H3;1H. The fourth-order valence-corrected chi connectivity index (χ4v) is 3.06. The van der Waals surface area contributed by atoms with Crippen molar-refractivity contribution in [2.24, 2.45) is 5.92 Å². The van der Waals surface area contributed by atoms with Gasteiger partial charge in [-0.15, -0.1) is 12.4 Å². The molecule has 0 unspecified atom stereocenters. The number of nitrogens with zero attached hydrogens (tertiary/aromatic N) is 1. The van der Waals surface area contributed by atoms with Crippen LogP contribution in [0.2, 0.25) is 0 Å². The van der Waals surface area contributed by atoms with Crippen LogP contribution in [0.5, 0.6) is 0 Å². The van der Waals surface area contributed by atoms with Crippen LogP contribution in [-0.4, -0.2) is 37.0 Å². The van der Waals surface area contributed by atoms with E-state index in [4.69, 9.17) is 0 Å². The van der Waals surface area contributed by atoms with Gasteiger partial charge in [0.05, 0.1) is 5.41 Å². The van der Waals surface area contributed by atoms with Gasteiger partial charge in [0, 0.05) is 13.1 Å². The number of carbonyl (C=O) groups excluding carboxylic acids is 1. The number of likely N-dealkylation sites (tertiary alicyclic amines) is 1. The topological polar surface area (TPSA) is 32.3 Å². The molecule has 0 spiro atoms. The second-order valence-electron chi connectivity index (χ2n) is 6.53. The number of hydrogen-bond donors (Lipinski definition) is 1. The summed E-state index contributed by atoms with van der Waals surface area (Å²) < 4.78 is 0. The van der Waals surface area contributed by atoms with Crippen LogP contribution in [0.25, 0.3) is 0 Å². The molecule has 3 nitrogen and oxygen atoms in total. The molecule has 0 aromatic heterocycles. The monoisotopic (exact) mass is 324 g/mol. The van der Waals surface area contributed by atoms with E-state index in [0.29, 0.717) is 5.92 Å². The molecule has 0 bridgehead atoms. The van der Waals surface area contributed by atoms with Gasteiger partial charge < -0.3 is 10.2 Å². The summed E-state index contributed by atoms with van der Waals surface area (Å²) in [6, 6.07) is 10.1. The lowest BCUT2D eigenvalue weighted by Crippen LogP contribution is -2.47. The van der Waals surface area contributed by atoms with Gasteiger partial charge in [-0.25, -0.2) is 0 Å². The van der Waals surface area contributed by atoms with E-state index in [-0.39, 0.29) is 18.3 Å². The minimum atomic E-state index is -0.435. The Bertz CT molecular complexity index is 453. The van der Waals surface area contributed by atoms with E-state index < -0.39 is 5.41 Å². The van der Waals surface area contributed by atoms with E-state index in [1.165, 1.54) is 0 Å². The Balaban J connectivity index is 0.00000242. The molecular weight excluding hydrogens is 296 g/mol. The first-order valence-electron chi connectivity index (χ1n) is 8.11. The predicted molar refractivity (Wildman–Crippen MR) is 94.6 cm³/mol. The lowest BCUT2D eigenvalue weighted by atomic mass is 9.82. The van der Waals surface area contributed by atoms with Crippen LogP contribution < -0.4 is 5.32 Å². The Hall–Kier alpha value is -1.06. The Labute approximate surface area is 140 Å². The summed E-state index contributed by atoms with van der Waals surface area (Å²) >= 11 is 0. The number of amides is 1. The molecule has 22 heavy (non-hydrogen) atoms. The van der Waals surface area contributed by atoms with Gasteiger partial charge in [-0.3, -0.25) is 4.79 Å². The fraction of sp³-hybridized carbons (Fsp3) is 0.611. The van der Waals surface area contributed by atoms with Crippen molar-refractivity contribution in [2.75, 3.05) is 26.2 Å². The maximum Gasteiger partial charge on any atom is 0.232 e. The first-order chi connectivity index (χ1) is 10.1. The number of carbonyl (C=O) groups is 1. The molecule has 1 saturated heterocycles. The Morgan fingerprint density at radius 2 is 1.82 bits per heavy atom. The predicted octanol–water partition coefficient (Wildman–Crippen LogP) is 3.23. The fourth-order valence-electron chi connectivity index (χ4n) is 3.06. The van der Waals surface area contributed by atoms with E-state index >= 15 is 0 Å². The second-order valence-corrected chi connectivity index (χ2v) is 6.53. The molecule has 0 atom stereocenters. The number of halogens is 1. The maximum atomic E-state index is 12.9. The van der Waals surface area contributed by atoms with Gasteiger partial charge >= 0.3 is 0 Å². The molecule has 0 aliphatic carbocycles. The number of benzene rings is 1. The average Bonchev–Trinajstić information content (AvgIpc) is 2.53. The van der Waals surface area contributed by atoms with Crippen LogP contribution in [0.15, 0.2) is 30.3 Å². The highest BCUT2D eigenvalue weighted by Crippen LogP contribution is 2.28. The van der Waals surface area contributed by atoms with Crippen molar-refractivity contribution < 1.29 is 4.79 Å². The molecule has 1 aliphatic rings. The molecule has 0 radical (unpaired) electrons. The smallest absolute Gasteiger partial charge is 0.232 e. The van der Waals surface area contributed by atoms with Crippen LogP contribution >= 0.6 is 12.4 Å². The van der Waals surface area contributed by atoms with Crippen molar-refractivity contribution in [3.05, 3.63) is 35.9 Å². The van der Waals surface area contributed by atoms with E-state index in [0.717, 1.165) is 44.6 Å².